The van der Waals surface area contributed by atoms with Crippen molar-refractivity contribution in [2.24, 2.45) is 0 Å². The Kier molecular flexibility index (Phi) is 6.80. The van der Waals surface area contributed by atoms with Gasteiger partial charge in [0.1, 0.15) is 11.3 Å². The van der Waals surface area contributed by atoms with Crippen LogP contribution in [0.4, 0.5) is 18.9 Å². The molecule has 1 amide bonds. The number of carbonyl (C=O) groups excluding carboxylic acids is 1. The van der Waals surface area contributed by atoms with Gasteiger partial charge < -0.3 is 10.1 Å². The summed E-state index contributed by atoms with van der Waals surface area (Å²) in [5.74, 6) is -1.07. The lowest BCUT2D eigenvalue weighted by atomic mass is 10.1. The number of hydrogen-bond donors (Lipinski definition) is 2. The first-order valence-electron chi connectivity index (χ1n) is 9.31. The Bertz CT molecular complexity index is 1350. The Morgan fingerprint density at radius 2 is 1.85 bits per heavy atom. The number of amides is 1. The van der Waals surface area contributed by atoms with E-state index in [1.165, 1.54) is 30.5 Å². The molecule has 0 aliphatic rings. The van der Waals surface area contributed by atoms with Crippen LogP contribution >= 0.6 is 15.9 Å². The van der Waals surface area contributed by atoms with Crippen molar-refractivity contribution >= 4 is 37.3 Å². The summed E-state index contributed by atoms with van der Waals surface area (Å²) in [6.45, 7) is 2.83. The SMILES string of the molecule is Cc1ccc(Br)cc1Oc1nnc(C(F)(F)F)c(C)c1C(=O)Nc1cccc(S(C)(=N)=O)c1. The molecule has 1 heterocycles. The van der Waals surface area contributed by atoms with Crippen LogP contribution in [0, 0.1) is 18.6 Å². The van der Waals surface area contributed by atoms with Gasteiger partial charge in [0.15, 0.2) is 5.69 Å². The minimum atomic E-state index is -4.84. The summed E-state index contributed by atoms with van der Waals surface area (Å²) in [7, 11) is -3.07. The first kappa shape index (κ1) is 24.6. The van der Waals surface area contributed by atoms with Crippen molar-refractivity contribution in [1.82, 2.24) is 10.2 Å². The van der Waals surface area contributed by atoms with Crippen molar-refractivity contribution in [3.8, 4) is 11.6 Å². The van der Waals surface area contributed by atoms with Gasteiger partial charge in [-0.3, -0.25) is 4.79 Å². The molecule has 33 heavy (non-hydrogen) atoms. The van der Waals surface area contributed by atoms with Crippen LogP contribution in [-0.2, 0) is 15.9 Å². The molecular formula is C21H18BrF3N4O3S. The van der Waals surface area contributed by atoms with Gasteiger partial charge in [0, 0.05) is 21.3 Å². The van der Waals surface area contributed by atoms with Gasteiger partial charge in [-0.2, -0.15) is 13.2 Å². The smallest absolute Gasteiger partial charge is 0.435 e. The first-order chi connectivity index (χ1) is 15.3. The van der Waals surface area contributed by atoms with E-state index in [1.807, 2.05) is 0 Å². The highest BCUT2D eigenvalue weighted by Gasteiger charge is 2.38. The van der Waals surface area contributed by atoms with Gasteiger partial charge >= 0.3 is 6.18 Å². The molecule has 174 valence electrons. The molecule has 0 spiro atoms. The highest BCUT2D eigenvalue weighted by atomic mass is 79.9. The second kappa shape index (κ2) is 9.10. The number of hydrogen-bond acceptors (Lipinski definition) is 6. The van der Waals surface area contributed by atoms with Crippen molar-refractivity contribution < 1.29 is 26.9 Å². The second-order valence-corrected chi connectivity index (χ2v) is 10.3. The average Bonchev–Trinajstić information content (AvgIpc) is 2.69. The van der Waals surface area contributed by atoms with Crippen molar-refractivity contribution in [2.75, 3.05) is 11.6 Å². The third kappa shape index (κ3) is 5.69. The molecule has 0 radical (unpaired) electrons. The van der Waals surface area contributed by atoms with E-state index in [9.17, 15) is 22.2 Å². The fourth-order valence-corrected chi connectivity index (χ4v) is 3.94. The number of benzene rings is 2. The highest BCUT2D eigenvalue weighted by molar-refractivity contribution is 9.10. The maximum Gasteiger partial charge on any atom is 0.435 e. The minimum absolute atomic E-state index is 0.147. The zero-order valence-electron chi connectivity index (χ0n) is 17.6. The van der Waals surface area contributed by atoms with Gasteiger partial charge in [0.25, 0.3) is 11.8 Å². The maximum absolute atomic E-state index is 13.4. The minimum Gasteiger partial charge on any atom is -0.437 e. The molecule has 2 aromatic carbocycles. The van der Waals surface area contributed by atoms with Gasteiger partial charge in [-0.25, -0.2) is 8.99 Å². The lowest BCUT2D eigenvalue weighted by molar-refractivity contribution is -0.142. The molecule has 0 aliphatic carbocycles. The lowest BCUT2D eigenvalue weighted by Crippen LogP contribution is -2.21. The summed E-state index contributed by atoms with van der Waals surface area (Å²) in [6, 6.07) is 10.8. The topological polar surface area (TPSA) is 105 Å². The third-order valence-corrected chi connectivity index (χ3v) is 6.23. The Morgan fingerprint density at radius 1 is 1.15 bits per heavy atom. The molecule has 7 nitrogen and oxygen atoms in total. The van der Waals surface area contributed by atoms with E-state index in [4.69, 9.17) is 9.52 Å². The lowest BCUT2D eigenvalue weighted by Gasteiger charge is -2.17. The molecule has 3 rings (SSSR count). The number of aryl methyl sites for hydroxylation is 1. The number of carbonyl (C=O) groups is 1. The zero-order valence-corrected chi connectivity index (χ0v) is 20.0. The first-order valence-corrected chi connectivity index (χ1v) is 12.1. The summed E-state index contributed by atoms with van der Waals surface area (Å²) in [4.78, 5) is 13.2. The molecule has 2 N–H and O–H groups in total. The fraction of sp³-hybridized carbons (Fsp3) is 0.190. The van der Waals surface area contributed by atoms with Crippen LogP contribution in [0.25, 0.3) is 0 Å². The number of aromatic nitrogens is 2. The predicted molar refractivity (Wildman–Crippen MR) is 120 cm³/mol. The van der Waals surface area contributed by atoms with Crippen LogP contribution in [0.2, 0.25) is 0 Å². The monoisotopic (exact) mass is 542 g/mol. The highest BCUT2D eigenvalue weighted by Crippen LogP contribution is 2.36. The number of alkyl halides is 3. The normalized spacial score (nSPS) is 13.3. The number of halogens is 4. The Labute approximate surface area is 196 Å². The summed E-state index contributed by atoms with van der Waals surface area (Å²) >= 11 is 3.29. The third-order valence-electron chi connectivity index (χ3n) is 4.58. The van der Waals surface area contributed by atoms with Crippen LogP contribution in [-0.4, -0.2) is 26.6 Å². The van der Waals surface area contributed by atoms with E-state index in [2.05, 4.69) is 31.4 Å². The van der Waals surface area contributed by atoms with E-state index >= 15 is 0 Å². The van der Waals surface area contributed by atoms with Crippen molar-refractivity contribution in [3.63, 3.8) is 0 Å². The van der Waals surface area contributed by atoms with Crippen molar-refractivity contribution in [2.45, 2.75) is 24.9 Å². The van der Waals surface area contributed by atoms with Gasteiger partial charge in [-0.05, 0) is 55.3 Å². The number of anilines is 1. The van der Waals surface area contributed by atoms with E-state index in [1.54, 1.807) is 25.1 Å². The van der Waals surface area contributed by atoms with Crippen molar-refractivity contribution in [3.05, 3.63) is 69.3 Å². The Balaban J connectivity index is 2.09. The van der Waals surface area contributed by atoms with E-state index < -0.39 is 44.5 Å². The van der Waals surface area contributed by atoms with Crippen LogP contribution in [0.15, 0.2) is 51.8 Å². The van der Waals surface area contributed by atoms with Gasteiger partial charge in [0.05, 0.1) is 9.73 Å². The molecule has 1 unspecified atom stereocenters. The molecule has 12 heteroatoms. The number of nitrogens with one attached hydrogen (secondary N) is 2. The largest absolute Gasteiger partial charge is 0.437 e. The molecule has 0 bridgehead atoms. The number of rotatable bonds is 5. The molecular weight excluding hydrogens is 525 g/mol. The molecule has 0 saturated heterocycles. The van der Waals surface area contributed by atoms with Gasteiger partial charge in [-0.15, -0.1) is 10.2 Å². The maximum atomic E-state index is 13.4. The zero-order chi connectivity index (χ0) is 24.6. The van der Waals surface area contributed by atoms with E-state index in [-0.39, 0.29) is 16.3 Å². The van der Waals surface area contributed by atoms with Gasteiger partial charge in [0.2, 0.25) is 0 Å². The standard InChI is InChI=1S/C21H18BrF3N4O3S/c1-11-7-8-13(22)9-16(11)32-20-17(12(2)18(28-29-20)21(23,24)25)19(30)27-14-5-4-6-15(10-14)33(3,26)31/h4-10,26H,1-3H3,(H,27,30). The fourth-order valence-electron chi connectivity index (χ4n) is 2.91. The molecule has 0 saturated carbocycles. The van der Waals surface area contributed by atoms with Crippen molar-refractivity contribution in [1.29, 1.82) is 4.78 Å². The molecule has 0 fully saturated rings. The second-order valence-electron chi connectivity index (χ2n) is 7.19. The summed E-state index contributed by atoms with van der Waals surface area (Å²) in [5.41, 5.74) is -1.43. The van der Waals surface area contributed by atoms with Crippen LogP contribution in [0.1, 0.15) is 27.2 Å². The molecule has 1 aromatic heterocycles. The Hall–Kier alpha value is -2.99. The van der Waals surface area contributed by atoms with Crippen LogP contribution in [0.5, 0.6) is 11.6 Å². The van der Waals surface area contributed by atoms with Gasteiger partial charge in [-0.1, -0.05) is 28.1 Å². The predicted octanol–water partition coefficient (Wildman–Crippen LogP) is 5.95. The quantitative estimate of drug-likeness (QED) is 0.414. The molecule has 3 aromatic rings. The van der Waals surface area contributed by atoms with E-state index in [0.29, 0.717) is 10.0 Å². The van der Waals surface area contributed by atoms with Crippen LogP contribution < -0.4 is 10.1 Å². The van der Waals surface area contributed by atoms with Crippen LogP contribution in [0.3, 0.4) is 0 Å². The summed E-state index contributed by atoms with van der Waals surface area (Å²) in [6.07, 6.45) is -3.62. The Morgan fingerprint density at radius 3 is 2.48 bits per heavy atom. The average molecular weight is 543 g/mol. The molecule has 1 atom stereocenters. The number of ether oxygens (including phenoxy) is 1. The summed E-state index contributed by atoms with van der Waals surface area (Å²) in [5, 5.41) is 9.26. The number of nitrogens with zero attached hydrogens (tertiary/aromatic N) is 2. The summed E-state index contributed by atoms with van der Waals surface area (Å²) < 4.78 is 66.4. The molecule has 0 aliphatic heterocycles. The van der Waals surface area contributed by atoms with E-state index in [0.717, 1.165) is 6.92 Å².